The van der Waals surface area contributed by atoms with Crippen molar-refractivity contribution in [2.75, 3.05) is 0 Å². The molecule has 1 aromatic heterocycles. The first-order valence-electron chi connectivity index (χ1n) is 5.88. The van der Waals surface area contributed by atoms with E-state index >= 15 is 0 Å². The molecule has 0 aliphatic heterocycles. The molecule has 0 radical (unpaired) electrons. The molecule has 1 fully saturated rings. The maximum atomic E-state index is 5.89. The van der Waals surface area contributed by atoms with Crippen LogP contribution < -0.4 is 5.32 Å². The molecule has 1 aliphatic rings. The van der Waals surface area contributed by atoms with E-state index in [9.17, 15) is 0 Å². The van der Waals surface area contributed by atoms with Crippen LogP contribution in [0.25, 0.3) is 10.4 Å². The first kappa shape index (κ1) is 11.3. The molecule has 1 heterocycles. The molecule has 1 aromatic carbocycles. The summed E-state index contributed by atoms with van der Waals surface area (Å²) in [7, 11) is 0. The van der Waals surface area contributed by atoms with Crippen molar-refractivity contribution in [2.45, 2.75) is 25.4 Å². The zero-order valence-corrected chi connectivity index (χ0v) is 11.0. The van der Waals surface area contributed by atoms with E-state index < -0.39 is 0 Å². The standard InChI is InChI=1S/C14H14ClNS/c15-12-3-1-11(2-4-12)14-7-10(9-17-14)8-16-13-5-6-13/h1-4,7,9,13,16H,5-6,8H2. The van der Waals surface area contributed by atoms with Crippen LogP contribution in [-0.4, -0.2) is 6.04 Å². The summed E-state index contributed by atoms with van der Waals surface area (Å²) in [6.45, 7) is 0.995. The Morgan fingerprint density at radius 3 is 2.71 bits per heavy atom. The molecule has 0 unspecified atom stereocenters. The molecule has 0 amide bonds. The number of hydrogen-bond donors (Lipinski definition) is 1. The second-order valence-corrected chi connectivity index (χ2v) is 5.83. The summed E-state index contributed by atoms with van der Waals surface area (Å²) in [5.41, 5.74) is 2.63. The van der Waals surface area contributed by atoms with Crippen LogP contribution in [0.1, 0.15) is 18.4 Å². The summed E-state index contributed by atoms with van der Waals surface area (Å²) >= 11 is 7.69. The van der Waals surface area contributed by atoms with Gasteiger partial charge in [0.2, 0.25) is 0 Å². The Labute approximate surface area is 110 Å². The van der Waals surface area contributed by atoms with Crippen molar-refractivity contribution in [3.63, 3.8) is 0 Å². The quantitative estimate of drug-likeness (QED) is 0.866. The van der Waals surface area contributed by atoms with Gasteiger partial charge in [0.25, 0.3) is 0 Å². The summed E-state index contributed by atoms with van der Waals surface area (Å²) in [6.07, 6.45) is 2.68. The molecular weight excluding hydrogens is 250 g/mol. The van der Waals surface area contributed by atoms with Gasteiger partial charge < -0.3 is 5.32 Å². The van der Waals surface area contributed by atoms with Crippen LogP contribution in [0.4, 0.5) is 0 Å². The largest absolute Gasteiger partial charge is 0.310 e. The fourth-order valence-electron chi connectivity index (χ4n) is 1.78. The summed E-state index contributed by atoms with van der Waals surface area (Å²) < 4.78 is 0. The predicted molar refractivity (Wildman–Crippen MR) is 74.6 cm³/mol. The van der Waals surface area contributed by atoms with Crippen molar-refractivity contribution in [3.8, 4) is 10.4 Å². The van der Waals surface area contributed by atoms with Crippen molar-refractivity contribution in [1.82, 2.24) is 5.32 Å². The molecule has 1 aliphatic carbocycles. The van der Waals surface area contributed by atoms with Crippen LogP contribution in [0.3, 0.4) is 0 Å². The number of benzene rings is 1. The van der Waals surface area contributed by atoms with E-state index in [1.54, 1.807) is 11.3 Å². The van der Waals surface area contributed by atoms with Gasteiger partial charge in [-0.1, -0.05) is 23.7 Å². The van der Waals surface area contributed by atoms with Crippen LogP contribution in [0, 0.1) is 0 Å². The Kier molecular flexibility index (Phi) is 3.19. The first-order valence-corrected chi connectivity index (χ1v) is 7.14. The second-order valence-electron chi connectivity index (χ2n) is 4.48. The van der Waals surface area contributed by atoms with Gasteiger partial charge in [0.15, 0.2) is 0 Å². The molecular formula is C14H14ClNS. The molecule has 2 aromatic rings. The second kappa shape index (κ2) is 4.81. The average molecular weight is 264 g/mol. The molecule has 3 heteroatoms. The smallest absolute Gasteiger partial charge is 0.0406 e. The lowest BCUT2D eigenvalue weighted by Crippen LogP contribution is -2.14. The maximum absolute atomic E-state index is 5.89. The van der Waals surface area contributed by atoms with Gasteiger partial charge in [-0.3, -0.25) is 0 Å². The summed E-state index contributed by atoms with van der Waals surface area (Å²) in [5, 5.41) is 6.56. The zero-order chi connectivity index (χ0) is 11.7. The number of hydrogen-bond acceptors (Lipinski definition) is 2. The number of halogens is 1. The lowest BCUT2D eigenvalue weighted by molar-refractivity contribution is 0.689. The van der Waals surface area contributed by atoms with Crippen molar-refractivity contribution < 1.29 is 0 Å². The van der Waals surface area contributed by atoms with Crippen LogP contribution in [-0.2, 0) is 6.54 Å². The van der Waals surface area contributed by atoms with Gasteiger partial charge in [-0.15, -0.1) is 11.3 Å². The summed E-state index contributed by atoms with van der Waals surface area (Å²) in [5.74, 6) is 0. The molecule has 0 atom stereocenters. The molecule has 1 saturated carbocycles. The first-order chi connectivity index (χ1) is 8.31. The van der Waals surface area contributed by atoms with Gasteiger partial charge >= 0.3 is 0 Å². The van der Waals surface area contributed by atoms with Gasteiger partial charge in [-0.25, -0.2) is 0 Å². The van der Waals surface area contributed by atoms with Crippen LogP contribution in [0.15, 0.2) is 35.7 Å². The Morgan fingerprint density at radius 2 is 2.00 bits per heavy atom. The van der Waals surface area contributed by atoms with Gasteiger partial charge in [0.05, 0.1) is 0 Å². The van der Waals surface area contributed by atoms with E-state index in [1.807, 2.05) is 12.1 Å². The molecule has 1 nitrogen and oxygen atoms in total. The monoisotopic (exact) mass is 263 g/mol. The van der Waals surface area contributed by atoms with E-state index in [2.05, 4.69) is 28.9 Å². The SMILES string of the molecule is Clc1ccc(-c2cc(CNC3CC3)cs2)cc1. The Balaban J connectivity index is 1.72. The summed E-state index contributed by atoms with van der Waals surface area (Å²) in [6, 6.07) is 11.1. The molecule has 1 N–H and O–H groups in total. The molecule has 0 bridgehead atoms. The van der Waals surface area contributed by atoms with Crippen LogP contribution in [0.5, 0.6) is 0 Å². The fourth-order valence-corrected chi connectivity index (χ4v) is 2.83. The van der Waals surface area contributed by atoms with Crippen molar-refractivity contribution in [1.29, 1.82) is 0 Å². The number of nitrogens with one attached hydrogen (secondary N) is 1. The number of rotatable bonds is 4. The third kappa shape index (κ3) is 2.89. The van der Waals surface area contributed by atoms with Gasteiger partial charge in [0, 0.05) is 22.5 Å². The molecule has 88 valence electrons. The minimum atomic E-state index is 0.772. The van der Waals surface area contributed by atoms with E-state index in [0.29, 0.717) is 0 Å². The molecule has 3 rings (SSSR count). The van der Waals surface area contributed by atoms with Gasteiger partial charge in [-0.05, 0) is 47.5 Å². The van der Waals surface area contributed by atoms with Gasteiger partial charge in [0.1, 0.15) is 0 Å². The lowest BCUT2D eigenvalue weighted by Gasteiger charge is -1.99. The van der Waals surface area contributed by atoms with Crippen molar-refractivity contribution in [3.05, 3.63) is 46.3 Å². The molecule has 0 saturated heterocycles. The Hall–Kier alpha value is -0.830. The third-order valence-corrected chi connectivity index (χ3v) is 4.23. The highest BCUT2D eigenvalue weighted by molar-refractivity contribution is 7.13. The molecule has 17 heavy (non-hydrogen) atoms. The predicted octanol–water partition coefficient (Wildman–Crippen LogP) is 4.32. The van der Waals surface area contributed by atoms with Crippen LogP contribution in [0.2, 0.25) is 5.02 Å². The van der Waals surface area contributed by atoms with E-state index in [1.165, 1.54) is 28.8 Å². The number of thiophene rings is 1. The van der Waals surface area contributed by atoms with Crippen molar-refractivity contribution in [2.24, 2.45) is 0 Å². The maximum Gasteiger partial charge on any atom is 0.0406 e. The van der Waals surface area contributed by atoms with E-state index in [-0.39, 0.29) is 0 Å². The average Bonchev–Trinajstić information content (AvgIpc) is 3.06. The lowest BCUT2D eigenvalue weighted by atomic mass is 10.2. The van der Waals surface area contributed by atoms with Crippen LogP contribution >= 0.6 is 22.9 Å². The minimum absolute atomic E-state index is 0.772. The van der Waals surface area contributed by atoms with E-state index in [4.69, 9.17) is 11.6 Å². The Bertz CT molecular complexity index is 499. The minimum Gasteiger partial charge on any atom is -0.310 e. The fraction of sp³-hybridized carbons (Fsp3) is 0.286. The van der Waals surface area contributed by atoms with Gasteiger partial charge in [-0.2, -0.15) is 0 Å². The Morgan fingerprint density at radius 1 is 1.24 bits per heavy atom. The normalized spacial score (nSPS) is 15.1. The molecule has 0 spiro atoms. The highest BCUT2D eigenvalue weighted by Crippen LogP contribution is 2.28. The highest BCUT2D eigenvalue weighted by Gasteiger charge is 2.20. The highest BCUT2D eigenvalue weighted by atomic mass is 35.5. The van der Waals surface area contributed by atoms with Crippen molar-refractivity contribution >= 4 is 22.9 Å². The zero-order valence-electron chi connectivity index (χ0n) is 9.45. The third-order valence-electron chi connectivity index (χ3n) is 2.95. The summed E-state index contributed by atoms with van der Waals surface area (Å²) in [4.78, 5) is 1.31. The topological polar surface area (TPSA) is 12.0 Å². The van der Waals surface area contributed by atoms with E-state index in [0.717, 1.165) is 17.6 Å².